The van der Waals surface area contributed by atoms with Gasteiger partial charge in [0, 0.05) is 41.3 Å². The Morgan fingerprint density at radius 2 is 1.87 bits per heavy atom. The summed E-state index contributed by atoms with van der Waals surface area (Å²) in [5, 5.41) is 15.6. The third kappa shape index (κ3) is 5.20. The summed E-state index contributed by atoms with van der Waals surface area (Å²) in [5.74, 6) is -4.13. The second-order valence-corrected chi connectivity index (χ2v) is 13.1. The van der Waals surface area contributed by atoms with Crippen molar-refractivity contribution in [1.82, 2.24) is 4.90 Å². The Morgan fingerprint density at radius 1 is 1.15 bits per heavy atom. The number of fused-ring (bicyclic) bond motifs is 1. The number of nitro benzene ring substituents is 1. The number of anilines is 2. The van der Waals surface area contributed by atoms with E-state index >= 15 is 4.39 Å². The predicted molar refractivity (Wildman–Crippen MR) is 171 cm³/mol. The average molecular weight is 670 g/mol. The summed E-state index contributed by atoms with van der Waals surface area (Å²) < 4.78 is 20.8. The van der Waals surface area contributed by atoms with Crippen LogP contribution in [0, 0.1) is 34.7 Å². The van der Waals surface area contributed by atoms with Gasteiger partial charge in [-0.25, -0.2) is 9.18 Å². The first-order valence-electron chi connectivity index (χ1n) is 14.8. The Kier molecular flexibility index (Phi) is 8.28. The average Bonchev–Trinajstić information content (AvgIpc) is 3.73. The summed E-state index contributed by atoms with van der Waals surface area (Å²) in [6, 6.07) is 13.3. The van der Waals surface area contributed by atoms with Gasteiger partial charge < -0.3 is 15.0 Å². The van der Waals surface area contributed by atoms with Crippen LogP contribution in [0.1, 0.15) is 47.2 Å². The van der Waals surface area contributed by atoms with Crippen LogP contribution in [-0.2, 0) is 14.3 Å². The topological polar surface area (TPSA) is 122 Å². The van der Waals surface area contributed by atoms with Crippen LogP contribution in [-0.4, -0.2) is 59.4 Å². The van der Waals surface area contributed by atoms with Crippen LogP contribution < -0.4 is 10.2 Å². The number of methoxy groups -OCH3 is 1. The monoisotopic (exact) mass is 668 g/mol. The number of hydrogen-bond donors (Lipinski definition) is 1. The summed E-state index contributed by atoms with van der Waals surface area (Å²) in [7, 11) is 1.18. The van der Waals surface area contributed by atoms with E-state index in [1.807, 2.05) is 4.90 Å². The van der Waals surface area contributed by atoms with Crippen molar-refractivity contribution in [3.63, 3.8) is 0 Å². The van der Waals surface area contributed by atoms with Crippen molar-refractivity contribution in [2.45, 2.75) is 44.2 Å². The van der Waals surface area contributed by atoms with Gasteiger partial charge in [-0.2, -0.15) is 0 Å². The van der Waals surface area contributed by atoms with Crippen LogP contribution in [0.4, 0.5) is 21.5 Å². The zero-order valence-corrected chi connectivity index (χ0v) is 26.8. The maximum Gasteiger partial charge on any atom is 0.338 e. The Bertz CT molecular complexity index is 1780. The van der Waals surface area contributed by atoms with Gasteiger partial charge in [-0.1, -0.05) is 41.4 Å². The molecule has 2 saturated heterocycles. The summed E-state index contributed by atoms with van der Waals surface area (Å²) in [4.78, 5) is 56.4. The van der Waals surface area contributed by atoms with E-state index in [-0.39, 0.29) is 39.9 Å². The van der Waals surface area contributed by atoms with Gasteiger partial charge in [0.15, 0.2) is 0 Å². The first-order chi connectivity index (χ1) is 21.9. The van der Waals surface area contributed by atoms with Crippen LogP contribution >= 0.6 is 23.2 Å². The van der Waals surface area contributed by atoms with Gasteiger partial charge in [0.1, 0.15) is 17.0 Å². The number of carbonyl (C=O) groups excluding carboxylic acids is 3. The minimum atomic E-state index is -1.43. The molecule has 1 aliphatic carbocycles. The van der Waals surface area contributed by atoms with E-state index in [0.717, 1.165) is 12.8 Å². The first-order valence-corrected chi connectivity index (χ1v) is 15.6. The second kappa shape index (κ2) is 11.9. The summed E-state index contributed by atoms with van der Waals surface area (Å²) in [5.41, 5.74) is -1.22. The minimum Gasteiger partial charge on any atom is -0.465 e. The van der Waals surface area contributed by atoms with Crippen LogP contribution in [0.2, 0.25) is 10.0 Å². The van der Waals surface area contributed by atoms with Gasteiger partial charge in [0.25, 0.3) is 5.69 Å². The van der Waals surface area contributed by atoms with Gasteiger partial charge in [-0.05, 0) is 74.6 Å². The molecule has 0 unspecified atom stereocenters. The van der Waals surface area contributed by atoms with Crippen LogP contribution in [0.3, 0.4) is 0 Å². The molecule has 1 N–H and O–H groups in total. The van der Waals surface area contributed by atoms with Crippen molar-refractivity contribution in [2.24, 2.45) is 11.8 Å². The molecule has 2 aliphatic heterocycles. The lowest BCUT2D eigenvalue weighted by molar-refractivity contribution is -0.384. The van der Waals surface area contributed by atoms with Crippen molar-refractivity contribution < 1.29 is 28.4 Å². The van der Waals surface area contributed by atoms with Crippen LogP contribution in [0.25, 0.3) is 0 Å². The molecule has 0 radical (unpaired) electrons. The fourth-order valence-corrected chi connectivity index (χ4v) is 7.58. The Balaban J connectivity index is 1.50. The lowest BCUT2D eigenvalue weighted by atomic mass is 9.74. The van der Waals surface area contributed by atoms with Crippen LogP contribution in [0.15, 0.2) is 54.6 Å². The second-order valence-electron chi connectivity index (χ2n) is 12.2. The highest BCUT2D eigenvalue weighted by Crippen LogP contribution is 2.56. The number of likely N-dealkylation sites (tertiary alicyclic amines) is 1. The molecule has 240 valence electrons. The van der Waals surface area contributed by atoms with Crippen molar-refractivity contribution in [1.29, 1.82) is 0 Å². The SMILES string of the molecule is COC(=O)c1ccc(N2C[C@H]3[C@@H](C2=O)[C@H](c2cccc(Cl)c2F)[C@](C)(C(=O)Nc2cccc(Cl)c2)N3CC2CC2)c([N+](=O)[O-])c1C. The highest BCUT2D eigenvalue weighted by atomic mass is 35.5. The highest BCUT2D eigenvalue weighted by molar-refractivity contribution is 6.31. The molecule has 3 aromatic rings. The normalized spacial score (nSPS) is 24.2. The molecule has 3 aliphatic rings. The number of halogens is 3. The van der Waals surface area contributed by atoms with Crippen LogP contribution in [0.5, 0.6) is 0 Å². The number of rotatable bonds is 8. The molecule has 1 saturated carbocycles. The fraction of sp³-hybridized carbons (Fsp3) is 0.364. The molecule has 0 aromatic heterocycles. The summed E-state index contributed by atoms with van der Waals surface area (Å²) in [6.07, 6.45) is 1.88. The van der Waals surface area contributed by atoms with E-state index < -0.39 is 57.6 Å². The number of nitrogens with one attached hydrogen (secondary N) is 1. The number of carbonyl (C=O) groups is 3. The molecule has 2 heterocycles. The maximum atomic E-state index is 16.0. The molecular weight excluding hydrogens is 638 g/mol. The number of nitro groups is 1. The number of benzene rings is 3. The van der Waals surface area contributed by atoms with E-state index in [2.05, 4.69) is 5.32 Å². The zero-order valence-electron chi connectivity index (χ0n) is 25.3. The molecule has 3 aromatic carbocycles. The molecule has 0 spiro atoms. The van der Waals surface area contributed by atoms with Crippen molar-refractivity contribution >= 4 is 58.0 Å². The number of esters is 1. The third-order valence-electron chi connectivity index (χ3n) is 9.60. The standard InChI is InChI=1S/C33H31Cl2FN4O6/c1-17-21(31(42)46-3)12-13-24(29(17)40(44)45)38-16-25-26(30(38)41)27(22-8-5-9-23(35)28(22)36)33(2,39(25)15-18-10-11-18)32(43)37-20-7-4-6-19(34)14-20/h4-9,12-14,18,25-27H,10-11,15-16H2,1-3H3,(H,37,43)/t25-,26+,27-,33+/m0/s1. The lowest BCUT2D eigenvalue weighted by Crippen LogP contribution is -2.57. The van der Waals surface area contributed by atoms with E-state index in [1.165, 1.54) is 43.2 Å². The number of ether oxygens (including phenoxy) is 1. The van der Waals surface area contributed by atoms with Gasteiger partial charge >= 0.3 is 5.97 Å². The minimum absolute atomic E-state index is 0.00397. The molecule has 46 heavy (non-hydrogen) atoms. The third-order valence-corrected chi connectivity index (χ3v) is 10.1. The predicted octanol–water partition coefficient (Wildman–Crippen LogP) is 6.37. The van der Waals surface area contributed by atoms with E-state index in [4.69, 9.17) is 27.9 Å². The molecule has 4 atom stereocenters. The van der Waals surface area contributed by atoms with E-state index in [0.29, 0.717) is 17.3 Å². The number of hydrogen-bond acceptors (Lipinski definition) is 7. The largest absolute Gasteiger partial charge is 0.465 e. The number of amides is 2. The van der Waals surface area contributed by atoms with Gasteiger partial charge in [-0.15, -0.1) is 0 Å². The summed E-state index contributed by atoms with van der Waals surface area (Å²) >= 11 is 12.5. The van der Waals surface area contributed by atoms with Crippen molar-refractivity contribution in [3.05, 3.63) is 97.3 Å². The molecule has 2 amide bonds. The van der Waals surface area contributed by atoms with E-state index in [9.17, 15) is 24.5 Å². The molecule has 0 bridgehead atoms. The molecule has 10 nitrogen and oxygen atoms in total. The van der Waals surface area contributed by atoms with Crippen molar-refractivity contribution in [2.75, 3.05) is 30.4 Å². The van der Waals surface area contributed by atoms with E-state index in [1.54, 1.807) is 37.3 Å². The Hall–Kier alpha value is -4.06. The molecule has 3 fully saturated rings. The molecule has 6 rings (SSSR count). The van der Waals surface area contributed by atoms with Gasteiger partial charge in [0.05, 0.1) is 28.5 Å². The Labute approximate surface area is 274 Å². The quantitative estimate of drug-likeness (QED) is 0.168. The number of nitrogens with zero attached hydrogens (tertiary/aromatic N) is 3. The highest BCUT2D eigenvalue weighted by Gasteiger charge is 2.67. The van der Waals surface area contributed by atoms with Gasteiger partial charge in [0.2, 0.25) is 11.8 Å². The maximum absolute atomic E-state index is 16.0. The summed E-state index contributed by atoms with van der Waals surface area (Å²) in [6.45, 7) is 3.61. The molecular formula is C33H31Cl2FN4O6. The van der Waals surface area contributed by atoms with Crippen molar-refractivity contribution in [3.8, 4) is 0 Å². The fourth-order valence-electron chi connectivity index (χ4n) is 7.20. The van der Waals surface area contributed by atoms with Gasteiger partial charge in [-0.3, -0.25) is 24.6 Å². The molecule has 13 heteroatoms. The Morgan fingerprint density at radius 3 is 2.52 bits per heavy atom. The zero-order chi connectivity index (χ0) is 33.1. The first kappa shape index (κ1) is 31.9. The smallest absolute Gasteiger partial charge is 0.338 e. The lowest BCUT2D eigenvalue weighted by Gasteiger charge is -2.41.